The van der Waals surface area contributed by atoms with Crippen molar-refractivity contribution in [1.29, 1.82) is 0 Å². The average Bonchev–Trinajstić information content (AvgIpc) is 3.34. The number of halogens is 1. The molecule has 0 saturated carbocycles. The van der Waals surface area contributed by atoms with Gasteiger partial charge in [-0.05, 0) is 64.5 Å². The highest BCUT2D eigenvalue weighted by molar-refractivity contribution is 6.30. The minimum Gasteiger partial charge on any atom is -0.493 e. The van der Waals surface area contributed by atoms with Crippen LogP contribution in [0.1, 0.15) is 15.9 Å². The molecule has 1 N–H and O–H groups in total. The van der Waals surface area contributed by atoms with Gasteiger partial charge in [-0.2, -0.15) is 0 Å². The summed E-state index contributed by atoms with van der Waals surface area (Å²) in [6.45, 7) is 0.350. The second kappa shape index (κ2) is 9.27. The van der Waals surface area contributed by atoms with Crippen LogP contribution >= 0.6 is 11.6 Å². The third kappa shape index (κ3) is 4.99. The molecule has 0 spiro atoms. The van der Waals surface area contributed by atoms with Gasteiger partial charge in [-0.3, -0.25) is 4.79 Å². The van der Waals surface area contributed by atoms with E-state index in [-0.39, 0.29) is 5.91 Å². The van der Waals surface area contributed by atoms with Crippen LogP contribution in [-0.2, 0) is 6.61 Å². The Bertz CT molecular complexity index is 1180. The second-order valence-corrected chi connectivity index (χ2v) is 6.98. The molecule has 1 heterocycles. The van der Waals surface area contributed by atoms with Crippen LogP contribution in [0.25, 0.3) is 5.69 Å². The molecule has 4 aromatic rings. The number of nitrogens with zero attached hydrogens (tertiary/aromatic N) is 4. The number of tetrazole rings is 1. The number of carbonyl (C=O) groups is 1. The monoisotopic (exact) mass is 435 g/mol. The molecule has 0 aliphatic rings. The van der Waals surface area contributed by atoms with Crippen LogP contribution in [0.4, 0.5) is 5.69 Å². The number of methoxy groups -OCH3 is 1. The van der Waals surface area contributed by atoms with Crippen molar-refractivity contribution in [3.05, 3.63) is 89.2 Å². The van der Waals surface area contributed by atoms with E-state index in [0.717, 1.165) is 11.3 Å². The van der Waals surface area contributed by atoms with E-state index in [1.54, 1.807) is 48.5 Å². The van der Waals surface area contributed by atoms with Crippen molar-refractivity contribution in [1.82, 2.24) is 20.2 Å². The largest absolute Gasteiger partial charge is 0.493 e. The molecule has 0 radical (unpaired) electrons. The van der Waals surface area contributed by atoms with Crippen LogP contribution in [0.5, 0.6) is 11.5 Å². The molecule has 0 fully saturated rings. The Balaban J connectivity index is 1.46. The Morgan fingerprint density at radius 3 is 2.65 bits per heavy atom. The van der Waals surface area contributed by atoms with Crippen molar-refractivity contribution >= 4 is 23.2 Å². The van der Waals surface area contributed by atoms with Crippen LogP contribution in [-0.4, -0.2) is 33.2 Å². The Labute approximate surface area is 183 Å². The highest BCUT2D eigenvalue weighted by Crippen LogP contribution is 2.29. The third-order valence-corrected chi connectivity index (χ3v) is 4.70. The number of anilines is 1. The fourth-order valence-electron chi connectivity index (χ4n) is 2.88. The molecule has 31 heavy (non-hydrogen) atoms. The number of ether oxygens (including phenoxy) is 2. The molecule has 0 aliphatic heterocycles. The Kier molecular flexibility index (Phi) is 6.09. The summed E-state index contributed by atoms with van der Waals surface area (Å²) in [6, 6.07) is 19.6. The van der Waals surface area contributed by atoms with Crippen LogP contribution in [0.3, 0.4) is 0 Å². The van der Waals surface area contributed by atoms with Gasteiger partial charge in [0.25, 0.3) is 5.91 Å². The summed E-state index contributed by atoms with van der Waals surface area (Å²) >= 11 is 5.91. The SMILES string of the molecule is COc1cc(C(=O)Nc2cccc(-n3cnnn3)c2)ccc1OCc1ccc(Cl)cc1. The third-order valence-electron chi connectivity index (χ3n) is 4.45. The summed E-state index contributed by atoms with van der Waals surface area (Å²) in [5.41, 5.74) is 2.74. The van der Waals surface area contributed by atoms with Gasteiger partial charge in [0.1, 0.15) is 12.9 Å². The maximum Gasteiger partial charge on any atom is 0.255 e. The van der Waals surface area contributed by atoms with Crippen molar-refractivity contribution < 1.29 is 14.3 Å². The molecule has 4 rings (SSSR count). The van der Waals surface area contributed by atoms with Gasteiger partial charge < -0.3 is 14.8 Å². The normalized spacial score (nSPS) is 10.5. The van der Waals surface area contributed by atoms with Crippen LogP contribution in [0.15, 0.2) is 73.1 Å². The van der Waals surface area contributed by atoms with Gasteiger partial charge in [0.05, 0.1) is 12.8 Å². The van der Waals surface area contributed by atoms with Gasteiger partial charge >= 0.3 is 0 Å². The lowest BCUT2D eigenvalue weighted by molar-refractivity contribution is 0.102. The van der Waals surface area contributed by atoms with E-state index in [0.29, 0.717) is 34.4 Å². The molecule has 0 atom stereocenters. The topological polar surface area (TPSA) is 91.2 Å². The highest BCUT2D eigenvalue weighted by atomic mass is 35.5. The summed E-state index contributed by atoms with van der Waals surface area (Å²) in [6.07, 6.45) is 1.48. The van der Waals surface area contributed by atoms with Gasteiger partial charge in [-0.1, -0.05) is 29.8 Å². The molecule has 8 nitrogen and oxygen atoms in total. The number of carbonyl (C=O) groups excluding carboxylic acids is 1. The van der Waals surface area contributed by atoms with Crippen molar-refractivity contribution in [2.24, 2.45) is 0 Å². The first-order valence-corrected chi connectivity index (χ1v) is 9.70. The summed E-state index contributed by atoms with van der Waals surface area (Å²) in [7, 11) is 1.53. The number of rotatable bonds is 7. The number of aromatic nitrogens is 4. The summed E-state index contributed by atoms with van der Waals surface area (Å²) in [5, 5.41) is 14.6. The van der Waals surface area contributed by atoms with Crippen LogP contribution in [0.2, 0.25) is 5.02 Å². The van der Waals surface area contributed by atoms with Gasteiger partial charge in [-0.25, -0.2) is 4.68 Å². The number of hydrogen-bond acceptors (Lipinski definition) is 6. The molecule has 3 aromatic carbocycles. The van der Waals surface area contributed by atoms with Crippen molar-refractivity contribution in [3.63, 3.8) is 0 Å². The zero-order valence-electron chi connectivity index (χ0n) is 16.5. The number of hydrogen-bond donors (Lipinski definition) is 1. The number of benzene rings is 3. The second-order valence-electron chi connectivity index (χ2n) is 6.54. The molecular weight excluding hydrogens is 418 g/mol. The molecular formula is C22H18ClN5O3. The number of amides is 1. The standard InChI is InChI=1S/C22H18ClN5O3/c1-30-21-11-16(7-10-20(21)31-13-15-5-8-17(23)9-6-15)22(29)25-18-3-2-4-19(12-18)28-14-24-26-27-28/h2-12,14H,13H2,1H3,(H,25,29). The van der Waals surface area contributed by atoms with Gasteiger partial charge in [0.2, 0.25) is 0 Å². The van der Waals surface area contributed by atoms with E-state index in [1.807, 2.05) is 18.2 Å². The molecule has 156 valence electrons. The van der Waals surface area contributed by atoms with Crippen LogP contribution in [0, 0.1) is 0 Å². The van der Waals surface area contributed by atoms with E-state index < -0.39 is 0 Å². The summed E-state index contributed by atoms with van der Waals surface area (Å²) in [5.74, 6) is 0.718. The zero-order chi connectivity index (χ0) is 21.6. The molecule has 1 aromatic heterocycles. The summed E-state index contributed by atoms with van der Waals surface area (Å²) < 4.78 is 12.8. The zero-order valence-corrected chi connectivity index (χ0v) is 17.3. The van der Waals surface area contributed by atoms with Crippen molar-refractivity contribution in [2.45, 2.75) is 6.61 Å². The van der Waals surface area contributed by atoms with Gasteiger partial charge in [0.15, 0.2) is 11.5 Å². The lowest BCUT2D eigenvalue weighted by Crippen LogP contribution is -2.12. The number of nitrogens with one attached hydrogen (secondary N) is 1. The predicted molar refractivity (Wildman–Crippen MR) is 116 cm³/mol. The predicted octanol–water partition coefficient (Wildman–Crippen LogP) is 4.16. The fraction of sp³-hybridized carbons (Fsp3) is 0.0909. The minimum atomic E-state index is -0.281. The van der Waals surface area contributed by atoms with E-state index >= 15 is 0 Å². The van der Waals surface area contributed by atoms with E-state index in [1.165, 1.54) is 18.1 Å². The van der Waals surface area contributed by atoms with Crippen LogP contribution < -0.4 is 14.8 Å². The van der Waals surface area contributed by atoms with Gasteiger partial charge in [0, 0.05) is 16.3 Å². The quantitative estimate of drug-likeness (QED) is 0.468. The minimum absolute atomic E-state index is 0.281. The molecule has 0 saturated heterocycles. The summed E-state index contributed by atoms with van der Waals surface area (Å²) in [4.78, 5) is 12.7. The molecule has 9 heteroatoms. The Morgan fingerprint density at radius 2 is 1.90 bits per heavy atom. The van der Waals surface area contributed by atoms with E-state index in [9.17, 15) is 4.79 Å². The smallest absolute Gasteiger partial charge is 0.255 e. The Morgan fingerprint density at radius 1 is 1.06 bits per heavy atom. The van der Waals surface area contributed by atoms with Gasteiger partial charge in [-0.15, -0.1) is 5.10 Å². The molecule has 1 amide bonds. The van der Waals surface area contributed by atoms with Crippen molar-refractivity contribution in [3.8, 4) is 17.2 Å². The van der Waals surface area contributed by atoms with E-state index in [2.05, 4.69) is 20.8 Å². The lowest BCUT2D eigenvalue weighted by Gasteiger charge is -2.13. The average molecular weight is 436 g/mol. The highest BCUT2D eigenvalue weighted by Gasteiger charge is 2.12. The molecule has 0 bridgehead atoms. The first-order chi connectivity index (χ1) is 15.1. The van der Waals surface area contributed by atoms with E-state index in [4.69, 9.17) is 21.1 Å². The maximum absolute atomic E-state index is 12.7. The molecule has 0 unspecified atom stereocenters. The first kappa shape index (κ1) is 20.4. The Hall–Kier alpha value is -3.91. The first-order valence-electron chi connectivity index (χ1n) is 9.32. The lowest BCUT2D eigenvalue weighted by atomic mass is 10.1. The molecule has 0 aliphatic carbocycles. The fourth-order valence-corrected chi connectivity index (χ4v) is 3.00. The maximum atomic E-state index is 12.7. The van der Waals surface area contributed by atoms with Crippen molar-refractivity contribution in [2.75, 3.05) is 12.4 Å².